The predicted octanol–water partition coefficient (Wildman–Crippen LogP) is 3.05. The van der Waals surface area contributed by atoms with Gasteiger partial charge in [-0.05, 0) is 47.5 Å². The summed E-state index contributed by atoms with van der Waals surface area (Å²) < 4.78 is 12.5. The second-order valence-corrected chi connectivity index (χ2v) is 7.80. The van der Waals surface area contributed by atoms with E-state index in [2.05, 4.69) is 15.5 Å². The van der Waals surface area contributed by atoms with E-state index in [-0.39, 0.29) is 11.7 Å². The molecule has 3 aromatic rings. The minimum absolute atomic E-state index is 0.0413. The van der Waals surface area contributed by atoms with E-state index in [9.17, 15) is 4.79 Å². The number of rotatable bonds is 8. The molecule has 0 aliphatic heterocycles. The van der Waals surface area contributed by atoms with Crippen LogP contribution in [0.5, 0.6) is 11.5 Å². The van der Waals surface area contributed by atoms with E-state index in [1.54, 1.807) is 30.8 Å². The molecule has 0 atom stereocenters. The van der Waals surface area contributed by atoms with Crippen LogP contribution in [0.2, 0.25) is 0 Å². The first-order chi connectivity index (χ1) is 14.4. The number of para-hydroxylation sites is 1. The van der Waals surface area contributed by atoms with Gasteiger partial charge in [0.05, 0.1) is 25.7 Å². The van der Waals surface area contributed by atoms with E-state index in [1.165, 1.54) is 11.8 Å². The summed E-state index contributed by atoms with van der Waals surface area (Å²) in [6.07, 6.45) is 0. The van der Waals surface area contributed by atoms with E-state index in [4.69, 9.17) is 9.47 Å². The molecule has 0 spiro atoms. The van der Waals surface area contributed by atoms with Crippen LogP contribution >= 0.6 is 11.8 Å². The lowest BCUT2D eigenvalue weighted by atomic mass is 10.1. The fourth-order valence-corrected chi connectivity index (χ4v) is 3.85. The van der Waals surface area contributed by atoms with Gasteiger partial charge >= 0.3 is 0 Å². The van der Waals surface area contributed by atoms with E-state index in [0.29, 0.717) is 23.2 Å². The zero-order chi connectivity index (χ0) is 21.7. The van der Waals surface area contributed by atoms with Gasteiger partial charge in [-0.3, -0.25) is 4.79 Å². The van der Waals surface area contributed by atoms with Gasteiger partial charge in [-0.15, -0.1) is 5.10 Å². The van der Waals surface area contributed by atoms with Gasteiger partial charge in [-0.1, -0.05) is 36.0 Å². The van der Waals surface area contributed by atoms with Crippen molar-refractivity contribution >= 4 is 17.7 Å². The molecule has 3 rings (SSSR count). The van der Waals surface area contributed by atoms with Crippen LogP contribution in [0, 0.1) is 13.8 Å². The molecule has 0 saturated heterocycles. The lowest BCUT2D eigenvalue weighted by Crippen LogP contribution is -2.28. The van der Waals surface area contributed by atoms with Crippen LogP contribution < -0.4 is 9.47 Å². The quantitative estimate of drug-likeness (QED) is 0.511. The molecule has 1 amide bonds. The number of thioether (sulfide) groups is 1. The third-order valence-electron chi connectivity index (χ3n) is 4.68. The molecule has 1 heterocycles. The van der Waals surface area contributed by atoms with Gasteiger partial charge in [0, 0.05) is 19.2 Å². The number of carbonyl (C=O) groups is 1. The summed E-state index contributed by atoms with van der Waals surface area (Å²) in [4.78, 5) is 14.4. The fraction of sp³-hybridized carbons (Fsp3) is 0.333. The number of benzene rings is 2. The Balaban J connectivity index is 1.69. The highest BCUT2D eigenvalue weighted by Crippen LogP contribution is 2.31. The molecule has 0 fully saturated rings. The Hall–Kier alpha value is -3.07. The number of aryl methyl sites for hydroxylation is 2. The molecule has 30 heavy (non-hydrogen) atoms. The third-order valence-corrected chi connectivity index (χ3v) is 5.58. The van der Waals surface area contributed by atoms with Gasteiger partial charge in [-0.2, -0.15) is 4.68 Å². The molecule has 0 saturated carbocycles. The number of methoxy groups -OCH3 is 2. The number of hydrogen-bond donors (Lipinski definition) is 0. The average Bonchev–Trinajstić information content (AvgIpc) is 3.21. The lowest BCUT2D eigenvalue weighted by molar-refractivity contribution is -0.127. The zero-order valence-corrected chi connectivity index (χ0v) is 18.6. The molecule has 158 valence electrons. The summed E-state index contributed by atoms with van der Waals surface area (Å²) >= 11 is 1.31. The molecule has 0 N–H and O–H groups in total. The summed E-state index contributed by atoms with van der Waals surface area (Å²) in [7, 11) is 4.94. The maximum atomic E-state index is 12.7. The first-order valence-corrected chi connectivity index (χ1v) is 10.4. The molecule has 0 aliphatic carbocycles. The topological polar surface area (TPSA) is 82.4 Å². The van der Waals surface area contributed by atoms with Gasteiger partial charge in [-0.25, -0.2) is 0 Å². The number of carbonyl (C=O) groups excluding carboxylic acids is 1. The standard InChI is InChI=1S/C21H25N5O3S/c1-14-9-10-15(2)17(11-14)26-21(22-23-24-26)30-13-19(27)25(3)12-16-7-6-8-18(28-4)20(16)29-5/h6-11H,12-13H2,1-5H3. The molecule has 0 aliphatic rings. The van der Waals surface area contributed by atoms with E-state index in [1.807, 2.05) is 50.2 Å². The molecule has 9 heteroatoms. The van der Waals surface area contributed by atoms with Crippen LogP contribution in [-0.2, 0) is 11.3 Å². The Morgan fingerprint density at radius 3 is 2.70 bits per heavy atom. The number of aromatic nitrogens is 4. The van der Waals surface area contributed by atoms with Crippen molar-refractivity contribution < 1.29 is 14.3 Å². The Morgan fingerprint density at radius 2 is 1.97 bits per heavy atom. The van der Waals surface area contributed by atoms with Crippen LogP contribution in [0.25, 0.3) is 5.69 Å². The Labute approximate surface area is 180 Å². The number of amides is 1. The summed E-state index contributed by atoms with van der Waals surface area (Å²) in [5.74, 6) is 1.44. The van der Waals surface area contributed by atoms with Crippen LogP contribution in [0.3, 0.4) is 0 Å². The van der Waals surface area contributed by atoms with Crippen molar-refractivity contribution in [3.05, 3.63) is 53.1 Å². The van der Waals surface area contributed by atoms with Crippen molar-refractivity contribution in [3.8, 4) is 17.2 Å². The molecule has 0 radical (unpaired) electrons. The normalized spacial score (nSPS) is 10.7. The molecule has 0 unspecified atom stereocenters. The fourth-order valence-electron chi connectivity index (χ4n) is 3.03. The second-order valence-electron chi connectivity index (χ2n) is 6.85. The Bertz CT molecular complexity index is 1040. The van der Waals surface area contributed by atoms with Crippen molar-refractivity contribution in [2.45, 2.75) is 25.5 Å². The molecule has 2 aromatic carbocycles. The monoisotopic (exact) mass is 427 g/mol. The maximum Gasteiger partial charge on any atom is 0.233 e. The highest BCUT2D eigenvalue weighted by molar-refractivity contribution is 7.99. The Kier molecular flexibility index (Phi) is 6.94. The molecule has 8 nitrogen and oxygen atoms in total. The molecular weight excluding hydrogens is 402 g/mol. The van der Waals surface area contributed by atoms with Crippen molar-refractivity contribution in [3.63, 3.8) is 0 Å². The van der Waals surface area contributed by atoms with Crippen LogP contribution in [0.4, 0.5) is 0 Å². The van der Waals surface area contributed by atoms with Gasteiger partial charge in [0.25, 0.3) is 0 Å². The summed E-state index contributed by atoms with van der Waals surface area (Å²) in [5.41, 5.74) is 3.95. The molecular formula is C21H25N5O3S. The molecule has 1 aromatic heterocycles. The number of nitrogens with zero attached hydrogens (tertiary/aromatic N) is 5. The molecule has 0 bridgehead atoms. The number of ether oxygens (including phenoxy) is 2. The summed E-state index contributed by atoms with van der Waals surface area (Å²) in [6, 6.07) is 11.7. The smallest absolute Gasteiger partial charge is 0.233 e. The summed E-state index contributed by atoms with van der Waals surface area (Å²) in [5, 5.41) is 12.5. The first kappa shape index (κ1) is 21.6. The largest absolute Gasteiger partial charge is 0.493 e. The minimum atomic E-state index is -0.0413. The van der Waals surface area contributed by atoms with Gasteiger partial charge < -0.3 is 14.4 Å². The predicted molar refractivity (Wildman–Crippen MR) is 115 cm³/mol. The van der Waals surface area contributed by atoms with Crippen molar-refractivity contribution in [1.82, 2.24) is 25.1 Å². The first-order valence-electron chi connectivity index (χ1n) is 9.37. The summed E-state index contributed by atoms with van der Waals surface area (Å²) in [6.45, 7) is 4.43. The third kappa shape index (κ3) is 4.73. The van der Waals surface area contributed by atoms with Crippen LogP contribution in [0.1, 0.15) is 16.7 Å². The van der Waals surface area contributed by atoms with Gasteiger partial charge in [0.15, 0.2) is 11.5 Å². The van der Waals surface area contributed by atoms with Crippen LogP contribution in [-0.4, -0.2) is 58.0 Å². The van der Waals surface area contributed by atoms with Crippen molar-refractivity contribution in [2.75, 3.05) is 27.0 Å². The van der Waals surface area contributed by atoms with Crippen molar-refractivity contribution in [2.24, 2.45) is 0 Å². The van der Waals surface area contributed by atoms with E-state index in [0.717, 1.165) is 22.4 Å². The maximum absolute atomic E-state index is 12.7. The van der Waals surface area contributed by atoms with Gasteiger partial charge in [0.1, 0.15) is 0 Å². The minimum Gasteiger partial charge on any atom is -0.493 e. The van der Waals surface area contributed by atoms with Gasteiger partial charge in [0.2, 0.25) is 11.1 Å². The van der Waals surface area contributed by atoms with E-state index < -0.39 is 0 Å². The Morgan fingerprint density at radius 1 is 1.17 bits per heavy atom. The zero-order valence-electron chi connectivity index (χ0n) is 17.7. The average molecular weight is 428 g/mol. The second kappa shape index (κ2) is 9.62. The highest BCUT2D eigenvalue weighted by atomic mass is 32.2. The SMILES string of the molecule is COc1cccc(CN(C)C(=O)CSc2nnnn2-c2cc(C)ccc2C)c1OC. The number of hydrogen-bond acceptors (Lipinski definition) is 7. The lowest BCUT2D eigenvalue weighted by Gasteiger charge is -2.19. The van der Waals surface area contributed by atoms with Crippen molar-refractivity contribution in [1.29, 1.82) is 0 Å². The number of tetrazole rings is 1. The van der Waals surface area contributed by atoms with Crippen LogP contribution in [0.15, 0.2) is 41.6 Å². The highest BCUT2D eigenvalue weighted by Gasteiger charge is 2.18. The van der Waals surface area contributed by atoms with E-state index >= 15 is 0 Å².